The Balaban J connectivity index is 1.93. The fourth-order valence-electron chi connectivity index (χ4n) is 2.42. The zero-order valence-electron chi connectivity index (χ0n) is 12.2. The molecule has 1 unspecified atom stereocenters. The summed E-state index contributed by atoms with van der Waals surface area (Å²) >= 11 is 0. The van der Waals surface area contributed by atoms with Crippen molar-refractivity contribution in [3.8, 4) is 5.88 Å². The molecule has 0 aliphatic carbocycles. The Morgan fingerprint density at radius 1 is 1.50 bits per heavy atom. The molecule has 1 aromatic rings. The van der Waals surface area contributed by atoms with Gasteiger partial charge in [0.1, 0.15) is 6.10 Å². The van der Waals surface area contributed by atoms with Crippen LogP contribution in [0.2, 0.25) is 0 Å². The number of carbonyl (C=O) groups excluding carboxylic acids is 1. The number of rotatable bonds is 4. The average molecular weight is 278 g/mol. The first-order valence-electron chi connectivity index (χ1n) is 7.22. The lowest BCUT2D eigenvalue weighted by molar-refractivity contribution is 0.0830. The largest absolute Gasteiger partial charge is 0.471 e. The van der Waals surface area contributed by atoms with E-state index in [4.69, 9.17) is 4.74 Å². The van der Waals surface area contributed by atoms with Crippen molar-refractivity contribution in [3.05, 3.63) is 18.3 Å². The van der Waals surface area contributed by atoms with E-state index in [0.29, 0.717) is 12.4 Å². The smallest absolute Gasteiger partial charge is 0.320 e. The molecule has 0 radical (unpaired) electrons. The molecule has 6 nitrogen and oxygen atoms in total. The number of hydrogen-bond donors (Lipinski definition) is 0. The molecule has 0 saturated carbocycles. The Kier molecular flexibility index (Phi) is 5.15. The molecule has 0 bridgehead atoms. The molecular formula is C14H22N4O2. The van der Waals surface area contributed by atoms with Gasteiger partial charge in [0.15, 0.2) is 0 Å². The molecule has 2 amide bonds. The second-order valence-corrected chi connectivity index (χ2v) is 4.84. The number of piperidine rings is 1. The van der Waals surface area contributed by atoms with E-state index in [0.717, 1.165) is 32.5 Å². The van der Waals surface area contributed by atoms with E-state index >= 15 is 0 Å². The van der Waals surface area contributed by atoms with Crippen LogP contribution in [0.25, 0.3) is 0 Å². The summed E-state index contributed by atoms with van der Waals surface area (Å²) < 4.78 is 5.80. The average Bonchev–Trinajstić information content (AvgIpc) is 2.49. The number of amides is 2. The molecule has 1 aliphatic rings. The first-order chi connectivity index (χ1) is 9.74. The molecule has 6 heteroatoms. The predicted molar refractivity (Wildman–Crippen MR) is 75.6 cm³/mol. The van der Waals surface area contributed by atoms with Crippen molar-refractivity contribution in [2.75, 3.05) is 26.2 Å². The van der Waals surface area contributed by atoms with E-state index < -0.39 is 0 Å². The number of urea groups is 1. The lowest BCUT2D eigenvalue weighted by atomic mass is 10.1. The van der Waals surface area contributed by atoms with E-state index in [1.807, 2.05) is 23.6 Å². The minimum Gasteiger partial charge on any atom is -0.471 e. The molecule has 20 heavy (non-hydrogen) atoms. The van der Waals surface area contributed by atoms with Gasteiger partial charge in [-0.1, -0.05) is 0 Å². The third-order valence-corrected chi connectivity index (χ3v) is 3.52. The van der Waals surface area contributed by atoms with Crippen molar-refractivity contribution < 1.29 is 9.53 Å². The maximum absolute atomic E-state index is 12.3. The third-order valence-electron chi connectivity index (χ3n) is 3.52. The highest BCUT2D eigenvalue weighted by Crippen LogP contribution is 2.17. The van der Waals surface area contributed by atoms with Crippen molar-refractivity contribution in [2.45, 2.75) is 32.8 Å². The van der Waals surface area contributed by atoms with Gasteiger partial charge in [-0.05, 0) is 32.8 Å². The van der Waals surface area contributed by atoms with Crippen LogP contribution in [0.1, 0.15) is 26.7 Å². The van der Waals surface area contributed by atoms with Crippen molar-refractivity contribution in [3.63, 3.8) is 0 Å². The second kappa shape index (κ2) is 7.07. The molecule has 1 aromatic heterocycles. The first kappa shape index (κ1) is 14.6. The molecule has 0 spiro atoms. The molecule has 1 atom stereocenters. The van der Waals surface area contributed by atoms with Crippen LogP contribution in [0.5, 0.6) is 5.88 Å². The molecule has 2 heterocycles. The number of hydrogen-bond acceptors (Lipinski definition) is 4. The predicted octanol–water partition coefficient (Wildman–Crippen LogP) is 1.78. The molecule has 1 saturated heterocycles. The Bertz CT molecular complexity index is 422. The highest BCUT2D eigenvalue weighted by molar-refractivity contribution is 5.74. The summed E-state index contributed by atoms with van der Waals surface area (Å²) in [5.74, 6) is 0.523. The van der Waals surface area contributed by atoms with E-state index in [2.05, 4.69) is 10.2 Å². The number of aromatic nitrogens is 2. The van der Waals surface area contributed by atoms with Gasteiger partial charge in [0.25, 0.3) is 0 Å². The monoisotopic (exact) mass is 278 g/mol. The van der Waals surface area contributed by atoms with Crippen molar-refractivity contribution in [2.24, 2.45) is 0 Å². The zero-order valence-corrected chi connectivity index (χ0v) is 12.2. The highest BCUT2D eigenvalue weighted by Gasteiger charge is 2.27. The fourth-order valence-corrected chi connectivity index (χ4v) is 2.42. The second-order valence-electron chi connectivity index (χ2n) is 4.84. The summed E-state index contributed by atoms with van der Waals surface area (Å²) in [5, 5.41) is 7.72. The van der Waals surface area contributed by atoms with Gasteiger partial charge in [0.05, 0.1) is 6.54 Å². The minimum atomic E-state index is -0.0000350. The van der Waals surface area contributed by atoms with Gasteiger partial charge >= 0.3 is 6.03 Å². The molecule has 110 valence electrons. The summed E-state index contributed by atoms with van der Waals surface area (Å²) in [7, 11) is 0. The standard InChI is InChI=1S/C14H22N4O2/c1-3-17(4-2)14(19)18-10-6-7-12(11-18)20-13-8-5-9-15-16-13/h5,8-9,12H,3-4,6-7,10-11H2,1-2H3. The summed E-state index contributed by atoms with van der Waals surface area (Å²) in [6, 6.07) is 3.68. The van der Waals surface area contributed by atoms with Crippen LogP contribution in [0, 0.1) is 0 Å². The van der Waals surface area contributed by atoms with E-state index in [-0.39, 0.29) is 12.1 Å². The summed E-state index contributed by atoms with van der Waals surface area (Å²) in [5.41, 5.74) is 0. The molecule has 0 N–H and O–H groups in total. The number of nitrogens with zero attached hydrogens (tertiary/aromatic N) is 4. The normalized spacial score (nSPS) is 18.7. The van der Waals surface area contributed by atoms with E-state index in [1.54, 1.807) is 18.3 Å². The maximum Gasteiger partial charge on any atom is 0.320 e. The first-order valence-corrected chi connectivity index (χ1v) is 7.22. The highest BCUT2D eigenvalue weighted by atomic mass is 16.5. The lowest BCUT2D eigenvalue weighted by Gasteiger charge is -2.35. The Morgan fingerprint density at radius 2 is 2.30 bits per heavy atom. The van der Waals surface area contributed by atoms with Gasteiger partial charge in [-0.3, -0.25) is 0 Å². The van der Waals surface area contributed by atoms with Crippen LogP contribution in [-0.4, -0.2) is 58.3 Å². The van der Waals surface area contributed by atoms with Gasteiger partial charge in [-0.2, -0.15) is 5.10 Å². The van der Waals surface area contributed by atoms with Gasteiger partial charge < -0.3 is 14.5 Å². The van der Waals surface area contributed by atoms with Crippen molar-refractivity contribution in [1.82, 2.24) is 20.0 Å². The number of ether oxygens (including phenoxy) is 1. The Labute approximate surface area is 119 Å². The van der Waals surface area contributed by atoms with E-state index in [9.17, 15) is 4.79 Å². The Hall–Kier alpha value is -1.85. The molecule has 0 aromatic carbocycles. The van der Waals surface area contributed by atoms with Crippen molar-refractivity contribution >= 4 is 6.03 Å². The van der Waals surface area contributed by atoms with Gasteiger partial charge in [0, 0.05) is 31.9 Å². The molecular weight excluding hydrogens is 256 g/mol. The molecule has 1 aliphatic heterocycles. The lowest BCUT2D eigenvalue weighted by Crippen LogP contribution is -2.50. The van der Waals surface area contributed by atoms with E-state index in [1.165, 1.54) is 0 Å². The summed E-state index contributed by atoms with van der Waals surface area (Å²) in [6.45, 7) is 6.89. The van der Waals surface area contributed by atoms with Crippen LogP contribution >= 0.6 is 0 Å². The van der Waals surface area contributed by atoms with Gasteiger partial charge in [-0.15, -0.1) is 5.10 Å². The summed E-state index contributed by atoms with van der Waals surface area (Å²) in [6.07, 6.45) is 3.51. The van der Waals surface area contributed by atoms with Gasteiger partial charge in [-0.25, -0.2) is 4.79 Å². The fraction of sp³-hybridized carbons (Fsp3) is 0.643. The minimum absolute atomic E-state index is 0.0000350. The zero-order chi connectivity index (χ0) is 14.4. The van der Waals surface area contributed by atoms with Crippen molar-refractivity contribution in [1.29, 1.82) is 0 Å². The third kappa shape index (κ3) is 3.59. The van der Waals surface area contributed by atoms with Crippen LogP contribution < -0.4 is 4.74 Å². The van der Waals surface area contributed by atoms with Crippen LogP contribution in [0.3, 0.4) is 0 Å². The Morgan fingerprint density at radius 3 is 2.95 bits per heavy atom. The molecule has 1 fully saturated rings. The quantitative estimate of drug-likeness (QED) is 0.842. The SMILES string of the molecule is CCN(CC)C(=O)N1CCCC(Oc2cccnn2)C1. The maximum atomic E-state index is 12.3. The van der Waals surface area contributed by atoms with Gasteiger partial charge in [0.2, 0.25) is 5.88 Å². The topological polar surface area (TPSA) is 58.6 Å². The van der Waals surface area contributed by atoms with Crippen LogP contribution in [-0.2, 0) is 0 Å². The number of carbonyl (C=O) groups is 1. The van der Waals surface area contributed by atoms with Crippen LogP contribution in [0.4, 0.5) is 4.79 Å². The molecule has 2 rings (SSSR count). The number of likely N-dealkylation sites (tertiary alicyclic amines) is 1. The van der Waals surface area contributed by atoms with Crippen LogP contribution in [0.15, 0.2) is 18.3 Å². The summed E-state index contributed by atoms with van der Waals surface area (Å²) in [4.78, 5) is 16.0.